The van der Waals surface area contributed by atoms with E-state index in [9.17, 15) is 4.79 Å². The van der Waals surface area contributed by atoms with E-state index in [0.29, 0.717) is 30.7 Å². The summed E-state index contributed by atoms with van der Waals surface area (Å²) in [6.07, 6.45) is 0. The largest absolute Gasteiger partial charge is 0.288 e. The lowest BCUT2D eigenvalue weighted by molar-refractivity contribution is 0.103. The lowest BCUT2D eigenvalue weighted by atomic mass is 10.0. The predicted molar refractivity (Wildman–Crippen MR) is 79.0 cm³/mol. The highest BCUT2D eigenvalue weighted by Crippen LogP contribution is 2.30. The van der Waals surface area contributed by atoms with Crippen molar-refractivity contribution in [1.29, 1.82) is 0 Å². The number of carbonyl (C=O) groups is 1. The van der Waals surface area contributed by atoms with Gasteiger partial charge in [0.15, 0.2) is 5.78 Å². The lowest BCUT2D eigenvalue weighted by Gasteiger charge is -2.07. The molecule has 92 valence electrons. The van der Waals surface area contributed by atoms with Crippen molar-refractivity contribution < 1.29 is 4.79 Å². The van der Waals surface area contributed by atoms with Gasteiger partial charge in [0.2, 0.25) is 0 Å². The summed E-state index contributed by atoms with van der Waals surface area (Å²) in [4.78, 5) is 12.3. The number of benzene rings is 2. The molecule has 0 fully saturated rings. The quantitative estimate of drug-likeness (QED) is 0.630. The highest BCUT2D eigenvalue weighted by Gasteiger charge is 2.17. The summed E-state index contributed by atoms with van der Waals surface area (Å²) in [6.45, 7) is 0. The number of rotatable bonds is 2. The molecule has 2 aromatic rings. The van der Waals surface area contributed by atoms with E-state index in [1.54, 1.807) is 30.3 Å². The summed E-state index contributed by atoms with van der Waals surface area (Å²) in [6, 6.07) is 9.89. The van der Waals surface area contributed by atoms with Crippen LogP contribution in [-0.4, -0.2) is 5.78 Å². The Morgan fingerprint density at radius 2 is 1.72 bits per heavy atom. The second-order valence-corrected chi connectivity index (χ2v) is 5.63. The first-order valence-electron chi connectivity index (χ1n) is 4.94. The van der Waals surface area contributed by atoms with Crippen LogP contribution in [0.3, 0.4) is 0 Å². The topological polar surface area (TPSA) is 17.1 Å². The third kappa shape index (κ3) is 2.72. The summed E-state index contributed by atoms with van der Waals surface area (Å²) >= 11 is 21.2. The zero-order chi connectivity index (χ0) is 13.3. The van der Waals surface area contributed by atoms with Gasteiger partial charge in [-0.25, -0.2) is 0 Å². The van der Waals surface area contributed by atoms with E-state index in [1.807, 2.05) is 0 Å². The van der Waals surface area contributed by atoms with Gasteiger partial charge in [0.25, 0.3) is 0 Å². The molecule has 2 rings (SSSR count). The van der Waals surface area contributed by atoms with Crippen LogP contribution >= 0.6 is 50.7 Å². The molecule has 0 aromatic heterocycles. The summed E-state index contributed by atoms with van der Waals surface area (Å²) in [5, 5.41) is 1.16. The molecule has 0 aliphatic carbocycles. The maximum absolute atomic E-state index is 12.3. The van der Waals surface area contributed by atoms with Gasteiger partial charge >= 0.3 is 0 Å². The van der Waals surface area contributed by atoms with Crippen LogP contribution in [-0.2, 0) is 0 Å². The van der Waals surface area contributed by atoms with E-state index < -0.39 is 0 Å². The third-order valence-electron chi connectivity index (χ3n) is 2.37. The zero-order valence-corrected chi connectivity index (χ0v) is 12.7. The van der Waals surface area contributed by atoms with Crippen molar-refractivity contribution >= 4 is 56.5 Å². The van der Waals surface area contributed by atoms with E-state index in [0.717, 1.165) is 0 Å². The van der Waals surface area contributed by atoms with E-state index in [4.69, 9.17) is 34.8 Å². The Balaban J connectivity index is 2.55. The number of ketones is 1. The fourth-order valence-electron chi connectivity index (χ4n) is 1.50. The molecule has 0 unspecified atom stereocenters. The Hall–Kier alpha value is -0.540. The summed E-state index contributed by atoms with van der Waals surface area (Å²) in [5.74, 6) is -0.256. The average molecular weight is 364 g/mol. The van der Waals surface area contributed by atoms with E-state index in [1.165, 1.54) is 6.07 Å². The Morgan fingerprint density at radius 3 is 2.44 bits per heavy atom. The van der Waals surface area contributed by atoms with Crippen molar-refractivity contribution in [3.05, 3.63) is 67.1 Å². The molecular formula is C13H6BrCl3O. The van der Waals surface area contributed by atoms with Crippen LogP contribution < -0.4 is 0 Å². The zero-order valence-electron chi connectivity index (χ0n) is 8.88. The van der Waals surface area contributed by atoms with Gasteiger partial charge in [0.05, 0.1) is 10.0 Å². The average Bonchev–Trinajstić information content (AvgIpc) is 2.35. The van der Waals surface area contributed by atoms with Crippen LogP contribution in [0.4, 0.5) is 0 Å². The minimum Gasteiger partial charge on any atom is -0.288 e. The summed E-state index contributed by atoms with van der Waals surface area (Å²) in [5.41, 5.74) is 0.722. The normalized spacial score (nSPS) is 10.4. The monoisotopic (exact) mass is 362 g/mol. The fraction of sp³-hybridized carbons (Fsp3) is 0. The molecule has 0 spiro atoms. The molecule has 0 N–H and O–H groups in total. The first-order valence-corrected chi connectivity index (χ1v) is 6.87. The molecular weight excluding hydrogens is 358 g/mol. The third-order valence-corrected chi connectivity index (χ3v) is 4.23. The minimum atomic E-state index is -0.256. The molecule has 0 heterocycles. The van der Waals surface area contributed by atoms with E-state index in [-0.39, 0.29) is 5.78 Å². The Morgan fingerprint density at radius 1 is 1.00 bits per heavy atom. The molecule has 0 aliphatic heterocycles. The Kier molecular flexibility index (Phi) is 4.33. The van der Waals surface area contributed by atoms with Gasteiger partial charge in [-0.3, -0.25) is 4.79 Å². The molecule has 0 radical (unpaired) electrons. The van der Waals surface area contributed by atoms with Crippen molar-refractivity contribution in [2.45, 2.75) is 0 Å². The van der Waals surface area contributed by atoms with Gasteiger partial charge in [-0.15, -0.1) is 0 Å². The molecule has 0 amide bonds. The van der Waals surface area contributed by atoms with Crippen LogP contribution in [0.15, 0.2) is 40.9 Å². The van der Waals surface area contributed by atoms with Gasteiger partial charge < -0.3 is 0 Å². The second kappa shape index (κ2) is 5.62. The molecule has 1 nitrogen and oxygen atoms in total. The standard InChI is InChI=1S/C13H6BrCl3O/c14-10-3-1-2-8(12(10)17)13(18)9-6-7(15)4-5-11(9)16/h1-6H. The van der Waals surface area contributed by atoms with Crippen molar-refractivity contribution in [3.63, 3.8) is 0 Å². The lowest BCUT2D eigenvalue weighted by Crippen LogP contribution is -2.03. The Bertz CT molecular complexity index is 622. The minimum absolute atomic E-state index is 0.256. The molecule has 2 aromatic carbocycles. The smallest absolute Gasteiger partial charge is 0.196 e. The maximum atomic E-state index is 12.3. The number of halogens is 4. The van der Waals surface area contributed by atoms with Gasteiger partial charge in [-0.1, -0.05) is 40.9 Å². The van der Waals surface area contributed by atoms with Gasteiger partial charge in [-0.05, 0) is 46.3 Å². The van der Waals surface area contributed by atoms with Gasteiger partial charge in [0.1, 0.15) is 0 Å². The van der Waals surface area contributed by atoms with E-state index in [2.05, 4.69) is 15.9 Å². The molecule has 0 saturated heterocycles. The SMILES string of the molecule is O=C(c1cc(Cl)ccc1Cl)c1cccc(Br)c1Cl. The fourth-order valence-corrected chi connectivity index (χ4v) is 2.45. The molecule has 0 bridgehead atoms. The molecule has 18 heavy (non-hydrogen) atoms. The number of hydrogen-bond donors (Lipinski definition) is 0. The molecule has 5 heteroatoms. The first-order chi connectivity index (χ1) is 8.50. The second-order valence-electron chi connectivity index (χ2n) is 3.55. The Labute approximate surface area is 128 Å². The van der Waals surface area contributed by atoms with Gasteiger partial charge in [-0.2, -0.15) is 0 Å². The molecule has 0 aliphatic rings. The van der Waals surface area contributed by atoms with Crippen LogP contribution in [0.25, 0.3) is 0 Å². The highest BCUT2D eigenvalue weighted by atomic mass is 79.9. The van der Waals surface area contributed by atoms with Crippen molar-refractivity contribution in [1.82, 2.24) is 0 Å². The van der Waals surface area contributed by atoms with Crippen molar-refractivity contribution in [2.75, 3.05) is 0 Å². The highest BCUT2D eigenvalue weighted by molar-refractivity contribution is 9.10. The van der Waals surface area contributed by atoms with E-state index >= 15 is 0 Å². The predicted octanol–water partition coefficient (Wildman–Crippen LogP) is 5.64. The van der Waals surface area contributed by atoms with Crippen molar-refractivity contribution in [3.8, 4) is 0 Å². The number of carbonyl (C=O) groups excluding carboxylic acids is 1. The molecule has 0 atom stereocenters. The summed E-state index contributed by atoms with van der Waals surface area (Å²) < 4.78 is 0.660. The number of hydrogen-bond acceptors (Lipinski definition) is 1. The van der Waals surface area contributed by atoms with Crippen LogP contribution in [0.1, 0.15) is 15.9 Å². The maximum Gasteiger partial charge on any atom is 0.196 e. The van der Waals surface area contributed by atoms with Crippen LogP contribution in [0.5, 0.6) is 0 Å². The van der Waals surface area contributed by atoms with Crippen LogP contribution in [0, 0.1) is 0 Å². The first kappa shape index (κ1) is 13.9. The van der Waals surface area contributed by atoms with Crippen LogP contribution in [0.2, 0.25) is 15.1 Å². The van der Waals surface area contributed by atoms with Crippen molar-refractivity contribution in [2.24, 2.45) is 0 Å². The van der Waals surface area contributed by atoms with Gasteiger partial charge in [0, 0.05) is 20.6 Å². The molecule has 0 saturated carbocycles. The summed E-state index contributed by atoms with van der Waals surface area (Å²) in [7, 11) is 0.